The third-order valence-electron chi connectivity index (χ3n) is 4.34. The minimum atomic E-state index is -0.416. The number of carbonyl (C=O) groups is 2. The maximum absolute atomic E-state index is 12.1. The molecule has 0 aromatic rings. The van der Waals surface area contributed by atoms with Crippen molar-refractivity contribution in [2.24, 2.45) is 5.41 Å². The smallest absolute Gasteiger partial charge is 0.306 e. The number of esters is 2. The second-order valence-corrected chi connectivity index (χ2v) is 6.71. The number of hydrogen-bond donors (Lipinski definition) is 0. The highest BCUT2D eigenvalue weighted by Crippen LogP contribution is 2.34. The molecule has 3 aliphatic heterocycles. The molecule has 0 unspecified atom stereocenters. The van der Waals surface area contributed by atoms with Gasteiger partial charge in [0.2, 0.25) is 0 Å². The van der Waals surface area contributed by atoms with Crippen molar-refractivity contribution in [1.29, 1.82) is 0 Å². The van der Waals surface area contributed by atoms with E-state index in [9.17, 15) is 9.59 Å². The van der Waals surface area contributed by atoms with E-state index >= 15 is 0 Å². The monoisotopic (exact) mass is 279 g/mol. The fourth-order valence-corrected chi connectivity index (χ4v) is 3.40. The minimum Gasteiger partial charge on any atom is -0.461 e. The van der Waals surface area contributed by atoms with Crippen LogP contribution in [0, 0.1) is 5.41 Å². The Morgan fingerprint density at radius 1 is 1.25 bits per heavy atom. The predicted molar refractivity (Wildman–Crippen MR) is 71.9 cm³/mol. The molecule has 2 saturated heterocycles. The first-order valence-corrected chi connectivity index (χ1v) is 7.23. The topological polar surface area (TPSA) is 55.8 Å². The van der Waals surface area contributed by atoms with Crippen molar-refractivity contribution in [3.63, 3.8) is 0 Å². The van der Waals surface area contributed by atoms with Crippen molar-refractivity contribution >= 4 is 11.9 Å². The van der Waals surface area contributed by atoms with Gasteiger partial charge in [-0.1, -0.05) is 19.9 Å². The molecule has 0 spiro atoms. The van der Waals surface area contributed by atoms with Crippen LogP contribution >= 0.6 is 0 Å². The summed E-state index contributed by atoms with van der Waals surface area (Å²) in [5.74, 6) is -0.443. The first-order valence-electron chi connectivity index (χ1n) is 7.23. The summed E-state index contributed by atoms with van der Waals surface area (Å²) in [7, 11) is 0. The molecule has 0 aliphatic carbocycles. The van der Waals surface area contributed by atoms with Gasteiger partial charge in [-0.15, -0.1) is 0 Å². The van der Waals surface area contributed by atoms with Crippen LogP contribution in [0.2, 0.25) is 0 Å². The van der Waals surface area contributed by atoms with E-state index in [1.54, 1.807) is 0 Å². The first kappa shape index (κ1) is 13.6. The van der Waals surface area contributed by atoms with Crippen molar-refractivity contribution in [3.05, 3.63) is 11.6 Å². The average molecular weight is 279 g/mol. The molecule has 0 radical (unpaired) electrons. The number of hydrogen-bond acceptors (Lipinski definition) is 5. The van der Waals surface area contributed by atoms with E-state index in [-0.39, 0.29) is 36.9 Å². The molecule has 0 aromatic heterocycles. The molecule has 0 N–H and O–H groups in total. The van der Waals surface area contributed by atoms with E-state index < -0.39 is 5.41 Å². The van der Waals surface area contributed by atoms with Gasteiger partial charge in [-0.2, -0.15) is 0 Å². The van der Waals surface area contributed by atoms with Crippen molar-refractivity contribution in [2.45, 2.75) is 45.3 Å². The lowest BCUT2D eigenvalue weighted by Gasteiger charge is -2.24. The van der Waals surface area contributed by atoms with Crippen LogP contribution in [0.4, 0.5) is 0 Å². The minimum absolute atomic E-state index is 0.0937. The summed E-state index contributed by atoms with van der Waals surface area (Å²) < 4.78 is 11.1. The number of rotatable bonds is 0. The van der Waals surface area contributed by atoms with Gasteiger partial charge in [0.15, 0.2) is 0 Å². The van der Waals surface area contributed by atoms with Gasteiger partial charge in [-0.05, 0) is 17.4 Å². The average Bonchev–Trinajstić information content (AvgIpc) is 2.87. The van der Waals surface area contributed by atoms with Crippen LogP contribution in [-0.4, -0.2) is 48.7 Å². The zero-order valence-electron chi connectivity index (χ0n) is 12.1. The Bertz CT molecular complexity index is 468. The molecule has 3 aliphatic rings. The van der Waals surface area contributed by atoms with Gasteiger partial charge in [-0.25, -0.2) is 0 Å². The van der Waals surface area contributed by atoms with Crippen LogP contribution in [0.5, 0.6) is 0 Å². The maximum atomic E-state index is 12.1. The van der Waals surface area contributed by atoms with Crippen LogP contribution < -0.4 is 0 Å². The fourth-order valence-electron chi connectivity index (χ4n) is 3.40. The molecule has 110 valence electrons. The van der Waals surface area contributed by atoms with E-state index in [1.807, 2.05) is 13.8 Å². The lowest BCUT2D eigenvalue weighted by Crippen LogP contribution is -2.36. The standard InChI is InChI=1S/C15H21NO4/c1-15(2)7-12(17)19-9-10-3-5-16-6-4-11(14(10)16)20-13(18)8-15/h3,11,14H,4-9H2,1-2H3/t11-,14-/m1/s1. The molecule has 0 bridgehead atoms. The summed E-state index contributed by atoms with van der Waals surface area (Å²) in [5.41, 5.74) is 0.661. The Kier molecular flexibility index (Phi) is 3.32. The van der Waals surface area contributed by atoms with Gasteiger partial charge < -0.3 is 9.47 Å². The Hall–Kier alpha value is -1.36. The second-order valence-electron chi connectivity index (χ2n) is 6.71. The van der Waals surface area contributed by atoms with Crippen LogP contribution in [-0.2, 0) is 19.1 Å². The molecule has 0 amide bonds. The number of cyclic esters (lactones) is 1. The largest absolute Gasteiger partial charge is 0.461 e. The number of ether oxygens (including phenoxy) is 2. The predicted octanol–water partition coefficient (Wildman–Crippen LogP) is 1.28. The first-order chi connectivity index (χ1) is 9.44. The van der Waals surface area contributed by atoms with E-state index in [0.29, 0.717) is 6.61 Å². The molecule has 0 saturated carbocycles. The zero-order valence-corrected chi connectivity index (χ0v) is 12.1. The molecule has 20 heavy (non-hydrogen) atoms. The van der Waals surface area contributed by atoms with E-state index in [1.165, 1.54) is 0 Å². The van der Waals surface area contributed by atoms with Crippen LogP contribution in [0.1, 0.15) is 33.1 Å². The van der Waals surface area contributed by atoms with E-state index in [0.717, 1.165) is 25.1 Å². The third kappa shape index (κ3) is 2.59. The van der Waals surface area contributed by atoms with Crippen molar-refractivity contribution in [1.82, 2.24) is 4.90 Å². The van der Waals surface area contributed by atoms with Crippen LogP contribution in [0.3, 0.4) is 0 Å². The Labute approximate surface area is 118 Å². The highest BCUT2D eigenvalue weighted by atomic mass is 16.5. The number of nitrogens with zero attached hydrogens (tertiary/aromatic N) is 1. The van der Waals surface area contributed by atoms with Crippen molar-refractivity contribution < 1.29 is 19.1 Å². The lowest BCUT2D eigenvalue weighted by molar-refractivity contribution is -0.152. The van der Waals surface area contributed by atoms with Gasteiger partial charge in [0, 0.05) is 13.1 Å². The SMILES string of the molecule is CC1(C)CC(=O)OCC2=CCN3CC[C@@H](OC(=O)C1)[C@@H]23. The lowest BCUT2D eigenvalue weighted by atomic mass is 9.86. The fraction of sp³-hybridized carbons (Fsp3) is 0.733. The zero-order chi connectivity index (χ0) is 14.3. The highest BCUT2D eigenvalue weighted by Gasteiger charge is 2.43. The summed E-state index contributed by atoms with van der Waals surface area (Å²) >= 11 is 0. The van der Waals surface area contributed by atoms with Gasteiger partial charge in [0.05, 0.1) is 18.9 Å². The van der Waals surface area contributed by atoms with Crippen molar-refractivity contribution in [2.75, 3.05) is 19.7 Å². The van der Waals surface area contributed by atoms with Gasteiger partial charge >= 0.3 is 11.9 Å². The molecule has 5 heteroatoms. The van der Waals surface area contributed by atoms with Gasteiger partial charge in [-0.3, -0.25) is 14.5 Å². The molecular formula is C15H21NO4. The van der Waals surface area contributed by atoms with E-state index in [4.69, 9.17) is 9.47 Å². The Morgan fingerprint density at radius 3 is 2.80 bits per heavy atom. The molecular weight excluding hydrogens is 258 g/mol. The van der Waals surface area contributed by atoms with Crippen LogP contribution in [0.15, 0.2) is 11.6 Å². The van der Waals surface area contributed by atoms with E-state index in [2.05, 4.69) is 11.0 Å². The number of carbonyl (C=O) groups excluding carboxylic acids is 2. The summed E-state index contributed by atoms with van der Waals surface area (Å²) in [6, 6.07) is 0.105. The quantitative estimate of drug-likeness (QED) is 0.494. The summed E-state index contributed by atoms with van der Waals surface area (Å²) in [6.07, 6.45) is 3.37. The normalized spacial score (nSPS) is 33.8. The third-order valence-corrected chi connectivity index (χ3v) is 4.34. The maximum Gasteiger partial charge on any atom is 0.306 e. The molecule has 5 nitrogen and oxygen atoms in total. The molecule has 2 fully saturated rings. The Balaban J connectivity index is 1.83. The molecule has 0 aromatic carbocycles. The van der Waals surface area contributed by atoms with Crippen molar-refractivity contribution in [3.8, 4) is 0 Å². The highest BCUT2D eigenvalue weighted by molar-refractivity contribution is 5.74. The summed E-state index contributed by atoms with van der Waals surface area (Å²) in [5, 5.41) is 0. The Morgan fingerprint density at radius 2 is 2.00 bits per heavy atom. The molecule has 2 atom stereocenters. The molecule has 3 rings (SSSR count). The van der Waals surface area contributed by atoms with Gasteiger partial charge in [0.1, 0.15) is 12.7 Å². The summed E-state index contributed by atoms with van der Waals surface area (Å²) in [4.78, 5) is 26.3. The summed E-state index contributed by atoms with van der Waals surface area (Å²) in [6.45, 7) is 5.91. The molecule has 3 heterocycles. The van der Waals surface area contributed by atoms with Crippen LogP contribution in [0.25, 0.3) is 0 Å². The van der Waals surface area contributed by atoms with Gasteiger partial charge in [0.25, 0.3) is 0 Å². The second kappa shape index (κ2) is 4.88.